The van der Waals surface area contributed by atoms with Gasteiger partial charge >= 0.3 is 0 Å². The molecule has 1 aromatic carbocycles. The Morgan fingerprint density at radius 3 is 2.52 bits per heavy atom. The molecule has 0 radical (unpaired) electrons. The van der Waals surface area contributed by atoms with Crippen LogP contribution in [-0.4, -0.2) is 23.2 Å². The first-order chi connectivity index (χ1) is 9.71. The summed E-state index contributed by atoms with van der Waals surface area (Å²) in [6.45, 7) is 4.73. The van der Waals surface area contributed by atoms with E-state index in [1.807, 2.05) is 0 Å². The van der Waals surface area contributed by atoms with Crippen LogP contribution < -0.4 is 11.1 Å². The molecular formula is C16H23BrN2O2. The zero-order valence-corrected chi connectivity index (χ0v) is 14.2. The standard InChI is InChI=1S/C16H23BrN2O2/c1-15(2)5-7-16(21,8-6-15)10-19-14(20)11-3-4-13(18)12(17)9-11/h3-4,9,21H,5-8,10,18H2,1-2H3,(H,19,20). The second-order valence-electron chi connectivity index (χ2n) is 6.81. The van der Waals surface area contributed by atoms with Crippen LogP contribution in [0.1, 0.15) is 49.9 Å². The molecule has 1 aliphatic carbocycles. The Morgan fingerprint density at radius 2 is 1.95 bits per heavy atom. The summed E-state index contributed by atoms with van der Waals surface area (Å²) in [5.74, 6) is -0.186. The number of hydrogen-bond donors (Lipinski definition) is 3. The van der Waals surface area contributed by atoms with E-state index in [0.29, 0.717) is 22.3 Å². The fourth-order valence-corrected chi connectivity index (χ4v) is 2.96. The second kappa shape index (κ2) is 5.97. The van der Waals surface area contributed by atoms with Gasteiger partial charge < -0.3 is 16.2 Å². The molecule has 5 heteroatoms. The molecule has 0 heterocycles. The van der Waals surface area contributed by atoms with Gasteiger partial charge in [0.2, 0.25) is 0 Å². The highest BCUT2D eigenvalue weighted by atomic mass is 79.9. The third-order valence-electron chi connectivity index (χ3n) is 4.37. The molecule has 1 aliphatic rings. The molecular weight excluding hydrogens is 332 g/mol. The topological polar surface area (TPSA) is 75.3 Å². The Hall–Kier alpha value is -1.07. The Labute approximate surface area is 134 Å². The third-order valence-corrected chi connectivity index (χ3v) is 5.06. The van der Waals surface area contributed by atoms with Crippen molar-refractivity contribution < 1.29 is 9.90 Å². The first kappa shape index (κ1) is 16.3. The van der Waals surface area contributed by atoms with E-state index in [2.05, 4.69) is 35.1 Å². The van der Waals surface area contributed by atoms with Gasteiger partial charge in [0.05, 0.1) is 5.60 Å². The maximum atomic E-state index is 12.1. The van der Waals surface area contributed by atoms with Crippen molar-refractivity contribution in [1.29, 1.82) is 0 Å². The summed E-state index contributed by atoms with van der Waals surface area (Å²) < 4.78 is 0.702. The number of halogens is 1. The lowest BCUT2D eigenvalue weighted by Crippen LogP contribution is -2.46. The molecule has 1 fully saturated rings. The highest BCUT2D eigenvalue weighted by molar-refractivity contribution is 9.10. The van der Waals surface area contributed by atoms with Gasteiger partial charge in [-0.25, -0.2) is 0 Å². The minimum Gasteiger partial charge on any atom is -0.398 e. The maximum Gasteiger partial charge on any atom is 0.251 e. The molecule has 0 atom stereocenters. The molecule has 0 aliphatic heterocycles. The number of carbonyl (C=O) groups excluding carboxylic acids is 1. The number of hydrogen-bond acceptors (Lipinski definition) is 3. The van der Waals surface area contributed by atoms with Gasteiger partial charge in [0, 0.05) is 22.3 Å². The number of carbonyl (C=O) groups is 1. The van der Waals surface area contributed by atoms with E-state index < -0.39 is 5.60 Å². The van der Waals surface area contributed by atoms with Crippen molar-refractivity contribution in [3.63, 3.8) is 0 Å². The molecule has 0 aromatic heterocycles. The summed E-state index contributed by atoms with van der Waals surface area (Å²) in [5, 5.41) is 13.4. The highest BCUT2D eigenvalue weighted by Crippen LogP contribution is 2.39. The zero-order chi connectivity index (χ0) is 15.7. The van der Waals surface area contributed by atoms with E-state index >= 15 is 0 Å². The van der Waals surface area contributed by atoms with E-state index in [1.54, 1.807) is 18.2 Å². The Kier molecular flexibility index (Phi) is 4.63. The first-order valence-corrected chi connectivity index (χ1v) is 8.06. The largest absolute Gasteiger partial charge is 0.398 e. The normalized spacial score (nSPS) is 20.0. The summed E-state index contributed by atoms with van der Waals surface area (Å²) in [6.07, 6.45) is 3.41. The van der Waals surface area contributed by atoms with Gasteiger partial charge in [-0.1, -0.05) is 13.8 Å². The molecule has 4 nitrogen and oxygen atoms in total. The van der Waals surface area contributed by atoms with Crippen LogP contribution in [0.5, 0.6) is 0 Å². The summed E-state index contributed by atoms with van der Waals surface area (Å²) in [7, 11) is 0. The van der Waals surface area contributed by atoms with Crippen molar-refractivity contribution in [3.05, 3.63) is 28.2 Å². The lowest BCUT2D eigenvalue weighted by atomic mass is 9.71. The van der Waals surface area contributed by atoms with Gasteiger partial charge in [0.1, 0.15) is 0 Å². The predicted octanol–water partition coefficient (Wildman–Crippen LogP) is 3.09. The number of amides is 1. The molecule has 1 aromatic rings. The molecule has 1 saturated carbocycles. The van der Waals surface area contributed by atoms with Crippen LogP contribution in [0, 0.1) is 5.41 Å². The SMILES string of the molecule is CC1(C)CCC(O)(CNC(=O)c2ccc(N)c(Br)c2)CC1. The van der Waals surface area contributed by atoms with E-state index in [1.165, 1.54) is 0 Å². The van der Waals surface area contributed by atoms with Crippen LogP contribution in [0.3, 0.4) is 0 Å². The van der Waals surface area contributed by atoms with E-state index in [0.717, 1.165) is 25.7 Å². The maximum absolute atomic E-state index is 12.1. The van der Waals surface area contributed by atoms with E-state index in [9.17, 15) is 9.90 Å². The van der Waals surface area contributed by atoms with Crippen LogP contribution in [0.25, 0.3) is 0 Å². The molecule has 1 amide bonds. The first-order valence-electron chi connectivity index (χ1n) is 7.26. The fourth-order valence-electron chi connectivity index (χ4n) is 2.58. The van der Waals surface area contributed by atoms with Crippen molar-refractivity contribution in [1.82, 2.24) is 5.32 Å². The second-order valence-corrected chi connectivity index (χ2v) is 7.66. The number of aliphatic hydroxyl groups is 1. The van der Waals surface area contributed by atoms with E-state index in [-0.39, 0.29) is 11.3 Å². The molecule has 0 spiro atoms. The average molecular weight is 355 g/mol. The predicted molar refractivity (Wildman–Crippen MR) is 88.1 cm³/mol. The minimum absolute atomic E-state index is 0.186. The summed E-state index contributed by atoms with van der Waals surface area (Å²) in [6, 6.07) is 5.07. The monoisotopic (exact) mass is 354 g/mol. The molecule has 116 valence electrons. The Bertz CT molecular complexity index is 533. The lowest BCUT2D eigenvalue weighted by Gasteiger charge is -2.40. The number of nitrogens with one attached hydrogen (secondary N) is 1. The number of rotatable bonds is 3. The summed E-state index contributed by atoms with van der Waals surface area (Å²) >= 11 is 3.31. The zero-order valence-electron chi connectivity index (χ0n) is 12.6. The van der Waals surface area contributed by atoms with Gasteiger partial charge in [-0.2, -0.15) is 0 Å². The Balaban J connectivity index is 1.93. The van der Waals surface area contributed by atoms with Crippen LogP contribution in [-0.2, 0) is 0 Å². The highest BCUT2D eigenvalue weighted by Gasteiger charge is 2.36. The van der Waals surface area contributed by atoms with Gasteiger partial charge in [-0.3, -0.25) is 4.79 Å². The lowest BCUT2D eigenvalue weighted by molar-refractivity contribution is -0.0233. The van der Waals surface area contributed by atoms with Gasteiger partial charge in [0.25, 0.3) is 5.91 Å². The average Bonchev–Trinajstić information content (AvgIpc) is 2.43. The van der Waals surface area contributed by atoms with Gasteiger partial charge in [-0.05, 0) is 65.2 Å². The van der Waals surface area contributed by atoms with Crippen LogP contribution in [0.2, 0.25) is 0 Å². The fraction of sp³-hybridized carbons (Fsp3) is 0.562. The molecule has 0 bridgehead atoms. The molecule has 0 unspecified atom stereocenters. The van der Waals surface area contributed by atoms with Crippen molar-refractivity contribution in [3.8, 4) is 0 Å². The minimum atomic E-state index is -0.782. The molecule has 21 heavy (non-hydrogen) atoms. The number of anilines is 1. The third kappa shape index (κ3) is 4.20. The van der Waals surface area contributed by atoms with Crippen molar-refractivity contribution in [2.45, 2.75) is 45.1 Å². The van der Waals surface area contributed by atoms with Crippen LogP contribution in [0.4, 0.5) is 5.69 Å². The van der Waals surface area contributed by atoms with E-state index in [4.69, 9.17) is 5.73 Å². The molecule has 0 saturated heterocycles. The van der Waals surface area contributed by atoms with Crippen molar-refractivity contribution in [2.75, 3.05) is 12.3 Å². The quantitative estimate of drug-likeness (QED) is 0.730. The molecule has 2 rings (SSSR count). The smallest absolute Gasteiger partial charge is 0.251 e. The summed E-state index contributed by atoms with van der Waals surface area (Å²) in [5.41, 5.74) is 6.35. The molecule has 4 N–H and O–H groups in total. The number of nitrogen functional groups attached to an aromatic ring is 1. The van der Waals surface area contributed by atoms with Crippen molar-refractivity contribution >= 4 is 27.5 Å². The van der Waals surface area contributed by atoms with Gasteiger partial charge in [0.15, 0.2) is 0 Å². The number of benzene rings is 1. The number of nitrogens with two attached hydrogens (primary N) is 1. The van der Waals surface area contributed by atoms with Crippen molar-refractivity contribution in [2.24, 2.45) is 5.41 Å². The summed E-state index contributed by atoms with van der Waals surface area (Å²) in [4.78, 5) is 12.1. The van der Waals surface area contributed by atoms with Crippen LogP contribution >= 0.6 is 15.9 Å². The van der Waals surface area contributed by atoms with Crippen LogP contribution in [0.15, 0.2) is 22.7 Å². The van der Waals surface area contributed by atoms with Gasteiger partial charge in [-0.15, -0.1) is 0 Å². The Morgan fingerprint density at radius 1 is 1.33 bits per heavy atom.